The second-order valence-electron chi connectivity index (χ2n) is 4.55. The Hall–Kier alpha value is -1.58. The minimum Gasteiger partial charge on any atom is -0.481 e. The molecule has 2 aromatic rings. The van der Waals surface area contributed by atoms with Crippen molar-refractivity contribution in [1.29, 1.82) is 0 Å². The van der Waals surface area contributed by atoms with Crippen LogP contribution >= 0.6 is 0 Å². The molecule has 4 heteroatoms. The van der Waals surface area contributed by atoms with Gasteiger partial charge in [0.2, 0.25) is 5.88 Å². The van der Waals surface area contributed by atoms with Gasteiger partial charge >= 0.3 is 0 Å². The number of hydrogen-bond donors (Lipinski definition) is 0. The predicted octanol–water partition coefficient (Wildman–Crippen LogP) is 2.04. The van der Waals surface area contributed by atoms with Gasteiger partial charge in [0.15, 0.2) is 5.65 Å². The zero-order valence-electron chi connectivity index (χ0n) is 9.48. The minimum atomic E-state index is 0.0428. The van der Waals surface area contributed by atoms with Crippen LogP contribution in [0, 0.1) is 0 Å². The SMILES string of the molecule is COc1ccn2ncc(C(C)(C)C)c2n1. The van der Waals surface area contributed by atoms with Crippen molar-refractivity contribution in [3.63, 3.8) is 0 Å². The van der Waals surface area contributed by atoms with Gasteiger partial charge in [0.1, 0.15) is 0 Å². The van der Waals surface area contributed by atoms with Crippen molar-refractivity contribution in [2.24, 2.45) is 0 Å². The van der Waals surface area contributed by atoms with Gasteiger partial charge in [-0.05, 0) is 5.41 Å². The Balaban J connectivity index is 2.67. The van der Waals surface area contributed by atoms with Crippen LogP contribution in [0.25, 0.3) is 5.65 Å². The summed E-state index contributed by atoms with van der Waals surface area (Å²) < 4.78 is 6.87. The lowest BCUT2D eigenvalue weighted by molar-refractivity contribution is 0.397. The fourth-order valence-corrected chi connectivity index (χ4v) is 1.50. The van der Waals surface area contributed by atoms with Gasteiger partial charge in [0.25, 0.3) is 0 Å². The third-order valence-electron chi connectivity index (χ3n) is 2.36. The molecule has 0 aliphatic carbocycles. The maximum absolute atomic E-state index is 5.11. The molecule has 0 aliphatic rings. The zero-order chi connectivity index (χ0) is 11.1. The van der Waals surface area contributed by atoms with Crippen molar-refractivity contribution in [2.75, 3.05) is 7.11 Å². The van der Waals surface area contributed by atoms with Gasteiger partial charge in [0, 0.05) is 17.8 Å². The summed E-state index contributed by atoms with van der Waals surface area (Å²) in [5, 5.41) is 4.26. The summed E-state index contributed by atoms with van der Waals surface area (Å²) >= 11 is 0. The Morgan fingerprint density at radius 3 is 2.67 bits per heavy atom. The number of rotatable bonds is 1. The lowest BCUT2D eigenvalue weighted by Crippen LogP contribution is -2.11. The largest absolute Gasteiger partial charge is 0.481 e. The average molecular weight is 205 g/mol. The molecule has 0 bridgehead atoms. The standard InChI is InChI=1S/C11H15N3O/c1-11(2,3)8-7-12-14-6-5-9(15-4)13-10(8)14/h5-7H,1-4H3. The highest BCUT2D eigenvalue weighted by Crippen LogP contribution is 2.25. The molecule has 0 atom stereocenters. The molecule has 0 N–H and O–H groups in total. The second-order valence-corrected chi connectivity index (χ2v) is 4.55. The fourth-order valence-electron chi connectivity index (χ4n) is 1.50. The van der Waals surface area contributed by atoms with Crippen LogP contribution in [0.2, 0.25) is 0 Å². The first-order valence-corrected chi connectivity index (χ1v) is 4.91. The van der Waals surface area contributed by atoms with E-state index in [2.05, 4.69) is 30.9 Å². The molecule has 0 aromatic carbocycles. The van der Waals surface area contributed by atoms with Gasteiger partial charge in [-0.15, -0.1) is 0 Å². The number of hydrogen-bond acceptors (Lipinski definition) is 3. The van der Waals surface area contributed by atoms with E-state index < -0.39 is 0 Å². The van der Waals surface area contributed by atoms with Crippen LogP contribution < -0.4 is 4.74 Å². The molecule has 0 fully saturated rings. The van der Waals surface area contributed by atoms with Crippen LogP contribution in [0.4, 0.5) is 0 Å². The highest BCUT2D eigenvalue weighted by Gasteiger charge is 2.20. The van der Waals surface area contributed by atoms with Crippen molar-refractivity contribution >= 4 is 5.65 Å². The highest BCUT2D eigenvalue weighted by molar-refractivity contribution is 5.50. The van der Waals surface area contributed by atoms with E-state index in [9.17, 15) is 0 Å². The molecule has 80 valence electrons. The number of methoxy groups -OCH3 is 1. The lowest BCUT2D eigenvalue weighted by atomic mass is 9.89. The van der Waals surface area contributed by atoms with E-state index in [0.29, 0.717) is 5.88 Å². The quantitative estimate of drug-likeness (QED) is 0.715. The first kappa shape index (κ1) is 9.96. The second kappa shape index (κ2) is 3.22. The van der Waals surface area contributed by atoms with Crippen LogP contribution in [-0.4, -0.2) is 21.7 Å². The molecule has 0 saturated heterocycles. The maximum Gasteiger partial charge on any atom is 0.216 e. The van der Waals surface area contributed by atoms with Gasteiger partial charge in [-0.25, -0.2) is 4.52 Å². The van der Waals surface area contributed by atoms with Gasteiger partial charge in [0.05, 0.1) is 13.3 Å². The molecule has 0 radical (unpaired) electrons. The Kier molecular flexibility index (Phi) is 2.14. The van der Waals surface area contributed by atoms with Crippen LogP contribution in [0.1, 0.15) is 26.3 Å². The van der Waals surface area contributed by atoms with E-state index in [-0.39, 0.29) is 5.41 Å². The first-order valence-electron chi connectivity index (χ1n) is 4.91. The Morgan fingerprint density at radius 1 is 1.33 bits per heavy atom. The summed E-state index contributed by atoms with van der Waals surface area (Å²) in [7, 11) is 1.62. The van der Waals surface area contributed by atoms with Crippen molar-refractivity contribution in [3.8, 4) is 5.88 Å². The zero-order valence-corrected chi connectivity index (χ0v) is 9.48. The van der Waals surface area contributed by atoms with E-state index in [4.69, 9.17) is 4.74 Å². The number of fused-ring (bicyclic) bond motifs is 1. The lowest BCUT2D eigenvalue weighted by Gasteiger charge is -2.16. The van der Waals surface area contributed by atoms with Gasteiger partial charge in [-0.3, -0.25) is 0 Å². The summed E-state index contributed by atoms with van der Waals surface area (Å²) in [4.78, 5) is 4.40. The van der Waals surface area contributed by atoms with E-state index in [1.165, 1.54) is 0 Å². The number of nitrogens with zero attached hydrogens (tertiary/aromatic N) is 3. The van der Waals surface area contributed by atoms with E-state index in [1.807, 2.05) is 12.4 Å². The van der Waals surface area contributed by atoms with Gasteiger partial charge < -0.3 is 4.74 Å². The summed E-state index contributed by atoms with van der Waals surface area (Å²) in [6.07, 6.45) is 3.72. The highest BCUT2D eigenvalue weighted by atomic mass is 16.5. The van der Waals surface area contributed by atoms with Crippen molar-refractivity contribution < 1.29 is 4.74 Å². The summed E-state index contributed by atoms with van der Waals surface area (Å²) in [6.45, 7) is 6.43. The molecular formula is C11H15N3O. The van der Waals surface area contributed by atoms with Crippen molar-refractivity contribution in [3.05, 3.63) is 24.0 Å². The van der Waals surface area contributed by atoms with E-state index in [0.717, 1.165) is 11.2 Å². The average Bonchev–Trinajstić information content (AvgIpc) is 2.59. The van der Waals surface area contributed by atoms with Crippen LogP contribution in [0.15, 0.2) is 18.5 Å². The molecule has 15 heavy (non-hydrogen) atoms. The third-order valence-corrected chi connectivity index (χ3v) is 2.36. The molecule has 4 nitrogen and oxygen atoms in total. The molecule has 2 rings (SSSR count). The van der Waals surface area contributed by atoms with E-state index >= 15 is 0 Å². The Labute approximate surface area is 88.9 Å². The topological polar surface area (TPSA) is 39.4 Å². The Morgan fingerprint density at radius 2 is 2.07 bits per heavy atom. The predicted molar refractivity (Wildman–Crippen MR) is 58.2 cm³/mol. The summed E-state index contributed by atoms with van der Waals surface area (Å²) in [5.41, 5.74) is 2.03. The molecule has 0 saturated carbocycles. The Bertz CT molecular complexity index is 482. The number of aromatic nitrogens is 3. The molecule has 0 amide bonds. The van der Waals surface area contributed by atoms with Crippen LogP contribution in [-0.2, 0) is 5.41 Å². The van der Waals surface area contributed by atoms with Crippen molar-refractivity contribution in [1.82, 2.24) is 14.6 Å². The smallest absolute Gasteiger partial charge is 0.216 e. The molecule has 2 heterocycles. The van der Waals surface area contributed by atoms with Gasteiger partial charge in [-0.2, -0.15) is 10.1 Å². The van der Waals surface area contributed by atoms with Crippen LogP contribution in [0.3, 0.4) is 0 Å². The normalized spacial score (nSPS) is 12.0. The van der Waals surface area contributed by atoms with E-state index in [1.54, 1.807) is 17.7 Å². The molecule has 0 spiro atoms. The number of ether oxygens (including phenoxy) is 1. The van der Waals surface area contributed by atoms with Gasteiger partial charge in [-0.1, -0.05) is 20.8 Å². The van der Waals surface area contributed by atoms with Crippen LogP contribution in [0.5, 0.6) is 5.88 Å². The molecule has 0 aliphatic heterocycles. The van der Waals surface area contributed by atoms with Crippen molar-refractivity contribution in [2.45, 2.75) is 26.2 Å². The maximum atomic E-state index is 5.11. The monoisotopic (exact) mass is 205 g/mol. The summed E-state index contributed by atoms with van der Waals surface area (Å²) in [6, 6.07) is 1.80. The first-order chi connectivity index (χ1) is 7.02. The fraction of sp³-hybridized carbons (Fsp3) is 0.455. The molecular weight excluding hydrogens is 190 g/mol. The third kappa shape index (κ3) is 1.67. The molecule has 0 unspecified atom stereocenters. The molecule has 2 aromatic heterocycles. The minimum absolute atomic E-state index is 0.0428. The summed E-state index contributed by atoms with van der Waals surface area (Å²) in [5.74, 6) is 0.619.